The molecule has 0 atom stereocenters. The quantitative estimate of drug-likeness (QED) is 0.190. The van der Waals surface area contributed by atoms with Crippen molar-refractivity contribution in [3.8, 4) is 11.3 Å². The molecule has 0 unspecified atom stereocenters. The Labute approximate surface area is 217 Å². The summed E-state index contributed by atoms with van der Waals surface area (Å²) in [5.74, 6) is 0.729. The number of nitrogens with zero attached hydrogens (tertiary/aromatic N) is 1. The summed E-state index contributed by atoms with van der Waals surface area (Å²) in [7, 11) is 0. The van der Waals surface area contributed by atoms with E-state index in [1.165, 1.54) is 0 Å². The minimum atomic E-state index is -0.393. The molecule has 5 nitrogen and oxygen atoms in total. The van der Waals surface area contributed by atoms with Crippen LogP contribution >= 0.6 is 15.9 Å². The maximum Gasteiger partial charge on any atom is 0.338 e. The van der Waals surface area contributed by atoms with E-state index >= 15 is 0 Å². The van der Waals surface area contributed by atoms with Crippen LogP contribution in [0.15, 0.2) is 112 Å². The molecule has 0 bridgehead atoms. The average molecular weight is 540 g/mol. The van der Waals surface area contributed by atoms with Crippen LogP contribution in [0.4, 0.5) is 5.69 Å². The molecule has 1 amide bonds. The maximum atomic E-state index is 13.6. The lowest BCUT2D eigenvalue weighted by atomic mass is 10.1. The number of carbonyl (C=O) groups is 2. The molecule has 5 rings (SSSR count). The molecule has 0 saturated carbocycles. The summed E-state index contributed by atoms with van der Waals surface area (Å²) in [5.41, 5.74) is 4.18. The number of halogens is 1. The second-order valence-corrected chi connectivity index (χ2v) is 9.03. The topological polar surface area (TPSA) is 59.8 Å². The van der Waals surface area contributed by atoms with E-state index in [4.69, 9.17) is 9.15 Å². The molecule has 0 N–H and O–H groups in total. The monoisotopic (exact) mass is 539 g/mol. The lowest BCUT2D eigenvalue weighted by Crippen LogP contribution is -2.25. The lowest BCUT2D eigenvalue weighted by molar-refractivity contribution is -0.113. The van der Waals surface area contributed by atoms with Gasteiger partial charge in [-0.2, -0.15) is 0 Å². The molecule has 1 aromatic heterocycles. The van der Waals surface area contributed by atoms with E-state index in [9.17, 15) is 9.59 Å². The van der Waals surface area contributed by atoms with Gasteiger partial charge in [0.1, 0.15) is 11.5 Å². The molecular weight excluding hydrogens is 518 g/mol. The standard InChI is InChI=1S/C30H22BrNO4/c1-2-35-30(34)22-10-14-25(15-11-22)32-27(20-6-4-3-5-7-20)19-23(29(32)33)18-26-16-17-28(36-26)21-8-12-24(31)13-9-21/h3-19H,2H2,1H3/b23-18-. The molecule has 1 aliphatic rings. The van der Waals surface area contributed by atoms with E-state index in [0.717, 1.165) is 27.1 Å². The number of esters is 1. The Morgan fingerprint density at radius 2 is 1.64 bits per heavy atom. The number of hydrogen-bond acceptors (Lipinski definition) is 4. The van der Waals surface area contributed by atoms with E-state index in [1.807, 2.05) is 72.8 Å². The first-order valence-corrected chi connectivity index (χ1v) is 12.3. The van der Waals surface area contributed by atoms with Gasteiger partial charge in [0, 0.05) is 21.3 Å². The highest BCUT2D eigenvalue weighted by Gasteiger charge is 2.30. The highest BCUT2D eigenvalue weighted by molar-refractivity contribution is 9.10. The summed E-state index contributed by atoms with van der Waals surface area (Å²) in [5, 5.41) is 0. The van der Waals surface area contributed by atoms with E-state index in [-0.39, 0.29) is 5.91 Å². The van der Waals surface area contributed by atoms with Crippen LogP contribution in [0.5, 0.6) is 0 Å². The molecule has 1 aliphatic heterocycles. The van der Waals surface area contributed by atoms with Gasteiger partial charge in [-0.3, -0.25) is 9.69 Å². The first-order valence-electron chi connectivity index (χ1n) is 11.5. The van der Waals surface area contributed by atoms with Gasteiger partial charge >= 0.3 is 5.97 Å². The van der Waals surface area contributed by atoms with Crippen LogP contribution in [0.25, 0.3) is 23.1 Å². The predicted octanol–water partition coefficient (Wildman–Crippen LogP) is 7.36. The van der Waals surface area contributed by atoms with Gasteiger partial charge in [0.15, 0.2) is 0 Å². The summed E-state index contributed by atoms with van der Waals surface area (Å²) in [6.45, 7) is 2.07. The number of hydrogen-bond donors (Lipinski definition) is 0. The van der Waals surface area contributed by atoms with Crippen molar-refractivity contribution in [2.45, 2.75) is 6.92 Å². The van der Waals surface area contributed by atoms with Gasteiger partial charge in [0.2, 0.25) is 0 Å². The third-order valence-electron chi connectivity index (χ3n) is 5.74. The molecule has 36 heavy (non-hydrogen) atoms. The predicted molar refractivity (Wildman–Crippen MR) is 144 cm³/mol. The average Bonchev–Trinajstić information content (AvgIpc) is 3.50. The molecule has 3 aromatic carbocycles. The smallest absolute Gasteiger partial charge is 0.338 e. The van der Waals surface area contributed by atoms with Crippen LogP contribution in [0.2, 0.25) is 0 Å². The van der Waals surface area contributed by atoms with Crippen LogP contribution in [0, 0.1) is 0 Å². The van der Waals surface area contributed by atoms with Crippen LogP contribution < -0.4 is 4.90 Å². The van der Waals surface area contributed by atoms with Gasteiger partial charge in [-0.15, -0.1) is 0 Å². The summed E-state index contributed by atoms with van der Waals surface area (Å²) < 4.78 is 12.1. The number of carbonyl (C=O) groups excluding carboxylic acids is 2. The van der Waals surface area contributed by atoms with Crippen molar-refractivity contribution in [2.75, 3.05) is 11.5 Å². The fraction of sp³-hybridized carbons (Fsp3) is 0.0667. The Kier molecular flexibility index (Phi) is 6.69. The Hall–Kier alpha value is -4.16. The fourth-order valence-corrected chi connectivity index (χ4v) is 4.27. The van der Waals surface area contributed by atoms with Crippen molar-refractivity contribution in [2.24, 2.45) is 0 Å². The van der Waals surface area contributed by atoms with Crippen molar-refractivity contribution in [3.63, 3.8) is 0 Å². The van der Waals surface area contributed by atoms with E-state index in [0.29, 0.717) is 29.2 Å². The molecule has 0 fully saturated rings. The highest BCUT2D eigenvalue weighted by atomic mass is 79.9. The largest absolute Gasteiger partial charge is 0.462 e. The highest BCUT2D eigenvalue weighted by Crippen LogP contribution is 2.36. The Morgan fingerprint density at radius 1 is 0.917 bits per heavy atom. The summed E-state index contributed by atoms with van der Waals surface area (Å²) >= 11 is 3.44. The van der Waals surface area contributed by atoms with E-state index < -0.39 is 5.97 Å². The number of ether oxygens (including phenoxy) is 1. The lowest BCUT2D eigenvalue weighted by Gasteiger charge is -2.21. The molecule has 0 radical (unpaired) electrons. The molecule has 4 aromatic rings. The molecule has 6 heteroatoms. The van der Waals surface area contributed by atoms with Gasteiger partial charge in [-0.05, 0) is 73.2 Å². The van der Waals surface area contributed by atoms with E-state index in [2.05, 4.69) is 15.9 Å². The number of rotatable bonds is 6. The first-order chi connectivity index (χ1) is 17.5. The Bertz CT molecular complexity index is 1470. The summed E-state index contributed by atoms with van der Waals surface area (Å²) in [6.07, 6.45) is 3.61. The molecule has 178 valence electrons. The van der Waals surface area contributed by atoms with Gasteiger partial charge in [0.05, 0.1) is 17.9 Å². The Morgan fingerprint density at radius 3 is 2.33 bits per heavy atom. The van der Waals surface area contributed by atoms with Crippen LogP contribution in [0.3, 0.4) is 0 Å². The Balaban J connectivity index is 1.49. The third-order valence-corrected chi connectivity index (χ3v) is 6.27. The zero-order valence-corrected chi connectivity index (χ0v) is 21.1. The second kappa shape index (κ2) is 10.2. The number of anilines is 1. The number of amides is 1. The van der Waals surface area contributed by atoms with Gasteiger partial charge in [-0.25, -0.2) is 4.79 Å². The molecular formula is C30H22BrNO4. The van der Waals surface area contributed by atoms with Crippen molar-refractivity contribution in [1.29, 1.82) is 0 Å². The number of benzene rings is 3. The van der Waals surface area contributed by atoms with Gasteiger partial charge < -0.3 is 9.15 Å². The first kappa shape index (κ1) is 23.6. The summed E-state index contributed by atoms with van der Waals surface area (Å²) in [6, 6.07) is 28.1. The van der Waals surface area contributed by atoms with Crippen molar-refractivity contribution >= 4 is 45.3 Å². The number of furan rings is 1. The van der Waals surface area contributed by atoms with Crippen molar-refractivity contribution < 1.29 is 18.7 Å². The minimum absolute atomic E-state index is 0.181. The molecule has 0 saturated heterocycles. The zero-order valence-electron chi connectivity index (χ0n) is 19.5. The van der Waals surface area contributed by atoms with Crippen molar-refractivity contribution in [3.05, 3.63) is 124 Å². The van der Waals surface area contributed by atoms with Crippen LogP contribution in [0.1, 0.15) is 28.6 Å². The van der Waals surface area contributed by atoms with Crippen molar-refractivity contribution in [1.82, 2.24) is 0 Å². The summed E-state index contributed by atoms with van der Waals surface area (Å²) in [4.78, 5) is 27.3. The molecule has 0 aliphatic carbocycles. The fourth-order valence-electron chi connectivity index (χ4n) is 4.01. The minimum Gasteiger partial charge on any atom is -0.462 e. The SMILES string of the molecule is CCOC(=O)c1ccc(N2C(=O)/C(=C\c3ccc(-c4ccc(Br)cc4)o3)C=C2c2ccccc2)cc1. The zero-order chi connectivity index (χ0) is 25.1. The van der Waals surface area contributed by atoms with Gasteiger partial charge in [0.25, 0.3) is 5.91 Å². The normalized spacial score (nSPS) is 14.3. The molecule has 2 heterocycles. The van der Waals surface area contributed by atoms with E-state index in [1.54, 1.807) is 42.2 Å². The third kappa shape index (κ3) is 4.81. The van der Waals surface area contributed by atoms with Gasteiger partial charge in [-0.1, -0.05) is 58.4 Å². The second-order valence-electron chi connectivity index (χ2n) is 8.11. The van der Waals surface area contributed by atoms with Crippen LogP contribution in [-0.2, 0) is 9.53 Å². The molecule has 0 spiro atoms. The van der Waals surface area contributed by atoms with Crippen LogP contribution in [-0.4, -0.2) is 18.5 Å². The maximum absolute atomic E-state index is 13.6.